The van der Waals surface area contributed by atoms with Gasteiger partial charge in [-0.1, -0.05) is 18.2 Å². The number of phosphoric ester groups is 1. The van der Waals surface area contributed by atoms with Gasteiger partial charge in [-0.05, 0) is 6.07 Å². The zero-order valence-corrected chi connectivity index (χ0v) is 8.85. The molecule has 1 spiro atoms. The Morgan fingerprint density at radius 2 is 2.00 bits per heavy atom. The zero-order valence-electron chi connectivity index (χ0n) is 7.95. The van der Waals surface area contributed by atoms with E-state index in [0.29, 0.717) is 5.75 Å². The molecule has 1 aromatic rings. The van der Waals surface area contributed by atoms with Crippen molar-refractivity contribution in [3.8, 4) is 5.75 Å². The standard InChI is InChI=1S/C9H7O6P/c10-8-5-6-3-1-2-4-7(6)12-9(8)14-16(11,13-8)15-9/h1-4,10H,5H2. The SMILES string of the molecule is O=P12OC3(O)Cc4ccccc4OC3(O1)O2. The molecule has 0 amide bonds. The second-order valence-corrected chi connectivity index (χ2v) is 5.39. The van der Waals surface area contributed by atoms with Crippen LogP contribution in [0.15, 0.2) is 24.3 Å². The van der Waals surface area contributed by atoms with E-state index in [1.165, 1.54) is 0 Å². The molecule has 6 nitrogen and oxygen atoms in total. The van der Waals surface area contributed by atoms with E-state index in [0.717, 1.165) is 5.56 Å². The summed E-state index contributed by atoms with van der Waals surface area (Å²) < 4.78 is 31.6. The molecule has 4 aliphatic rings. The number of benzene rings is 1. The Bertz CT molecular complexity index is 508. The van der Waals surface area contributed by atoms with Gasteiger partial charge in [0.1, 0.15) is 5.75 Å². The van der Waals surface area contributed by atoms with Crippen LogP contribution >= 0.6 is 7.82 Å². The quantitative estimate of drug-likeness (QED) is 0.688. The Labute approximate surface area is 90.3 Å². The first-order valence-electron chi connectivity index (χ1n) is 4.76. The number of rotatable bonds is 0. The van der Waals surface area contributed by atoms with Gasteiger partial charge in [0.2, 0.25) is 0 Å². The summed E-state index contributed by atoms with van der Waals surface area (Å²) in [5.41, 5.74) is 0.753. The van der Waals surface area contributed by atoms with E-state index in [2.05, 4.69) is 0 Å². The van der Waals surface area contributed by atoms with Gasteiger partial charge in [-0.2, -0.15) is 0 Å². The van der Waals surface area contributed by atoms with Crippen molar-refractivity contribution < 1.29 is 28.0 Å². The normalized spacial score (nSPS) is 47.6. The van der Waals surface area contributed by atoms with Crippen LogP contribution in [0.3, 0.4) is 0 Å². The molecule has 1 unspecified atom stereocenters. The van der Waals surface area contributed by atoms with Gasteiger partial charge in [0.25, 0.3) is 5.79 Å². The molecule has 3 saturated heterocycles. The lowest BCUT2D eigenvalue weighted by Gasteiger charge is -2.41. The number of hydrogen-bond donors (Lipinski definition) is 1. The lowest BCUT2D eigenvalue weighted by Crippen LogP contribution is -2.61. The van der Waals surface area contributed by atoms with Gasteiger partial charge in [0.05, 0.1) is 0 Å². The maximum atomic E-state index is 11.5. The minimum atomic E-state index is -3.58. The van der Waals surface area contributed by atoms with E-state index in [1.807, 2.05) is 6.07 Å². The molecule has 16 heavy (non-hydrogen) atoms. The van der Waals surface area contributed by atoms with Crippen LogP contribution in [0.25, 0.3) is 0 Å². The molecule has 3 fully saturated rings. The van der Waals surface area contributed by atoms with E-state index in [4.69, 9.17) is 18.3 Å². The van der Waals surface area contributed by atoms with Crippen LogP contribution in [0.2, 0.25) is 0 Å². The molecule has 0 aliphatic carbocycles. The van der Waals surface area contributed by atoms with Gasteiger partial charge in [0, 0.05) is 12.0 Å². The van der Waals surface area contributed by atoms with E-state index < -0.39 is 19.6 Å². The molecule has 7 heteroatoms. The first kappa shape index (κ1) is 9.15. The zero-order chi connectivity index (χ0) is 11.0. The third kappa shape index (κ3) is 0.863. The van der Waals surface area contributed by atoms with E-state index in [1.54, 1.807) is 18.2 Å². The Balaban J connectivity index is 1.87. The van der Waals surface area contributed by atoms with Crippen molar-refractivity contribution >= 4 is 7.82 Å². The summed E-state index contributed by atoms with van der Waals surface area (Å²) in [6, 6.07) is 7.10. The first-order chi connectivity index (χ1) is 7.54. The second-order valence-electron chi connectivity index (χ2n) is 3.95. The molecule has 4 aliphatic heterocycles. The van der Waals surface area contributed by atoms with Gasteiger partial charge >= 0.3 is 13.8 Å². The highest BCUT2D eigenvalue weighted by atomic mass is 31.2. The van der Waals surface area contributed by atoms with Crippen LogP contribution in [0.1, 0.15) is 5.56 Å². The molecule has 1 atom stereocenters. The van der Waals surface area contributed by atoms with Crippen molar-refractivity contribution in [2.75, 3.05) is 0 Å². The lowest BCUT2D eigenvalue weighted by molar-refractivity contribution is -0.383. The summed E-state index contributed by atoms with van der Waals surface area (Å²) in [6.45, 7) is 0. The summed E-state index contributed by atoms with van der Waals surface area (Å²) in [7, 11) is -3.58. The summed E-state index contributed by atoms with van der Waals surface area (Å²) in [6.07, 6.45) is 0.118. The van der Waals surface area contributed by atoms with Gasteiger partial charge in [0.15, 0.2) is 0 Å². The van der Waals surface area contributed by atoms with Crippen LogP contribution in [0, 0.1) is 0 Å². The number of aliphatic hydroxyl groups is 1. The molecular formula is C9H7O6P. The molecule has 0 aromatic heterocycles. The molecule has 1 N–H and O–H groups in total. The van der Waals surface area contributed by atoms with Crippen molar-refractivity contribution in [2.24, 2.45) is 0 Å². The van der Waals surface area contributed by atoms with Crippen LogP contribution in [0.5, 0.6) is 5.75 Å². The Morgan fingerprint density at radius 1 is 1.25 bits per heavy atom. The molecule has 4 heterocycles. The number of ether oxygens (including phenoxy) is 1. The van der Waals surface area contributed by atoms with Crippen molar-refractivity contribution in [2.45, 2.75) is 18.2 Å². The van der Waals surface area contributed by atoms with Gasteiger partial charge in [-0.15, -0.1) is 0 Å². The third-order valence-electron chi connectivity index (χ3n) is 2.85. The molecule has 5 rings (SSSR count). The third-order valence-corrected chi connectivity index (χ3v) is 4.31. The Kier molecular flexibility index (Phi) is 1.34. The molecule has 0 radical (unpaired) electrons. The van der Waals surface area contributed by atoms with E-state index in [-0.39, 0.29) is 6.42 Å². The second kappa shape index (κ2) is 2.34. The summed E-state index contributed by atoms with van der Waals surface area (Å²) in [5.74, 6) is -3.04. The summed E-state index contributed by atoms with van der Waals surface area (Å²) in [5, 5.41) is 10.2. The predicted molar refractivity (Wildman–Crippen MR) is 49.3 cm³/mol. The van der Waals surface area contributed by atoms with Crippen LogP contribution in [-0.2, 0) is 24.6 Å². The maximum Gasteiger partial charge on any atom is 0.488 e. The minimum absolute atomic E-state index is 0.118. The highest BCUT2D eigenvalue weighted by molar-refractivity contribution is 7.50. The minimum Gasteiger partial charge on any atom is -0.434 e. The number of phosphoric acid groups is 1. The summed E-state index contributed by atoms with van der Waals surface area (Å²) in [4.78, 5) is 0. The van der Waals surface area contributed by atoms with E-state index >= 15 is 0 Å². The molecule has 84 valence electrons. The fourth-order valence-electron chi connectivity index (χ4n) is 2.13. The van der Waals surface area contributed by atoms with Crippen molar-refractivity contribution in [1.82, 2.24) is 0 Å². The topological polar surface area (TPSA) is 74.2 Å². The van der Waals surface area contributed by atoms with Crippen LogP contribution in [0.4, 0.5) is 0 Å². The van der Waals surface area contributed by atoms with Crippen molar-refractivity contribution in [3.63, 3.8) is 0 Å². The lowest BCUT2D eigenvalue weighted by atomic mass is 9.99. The van der Waals surface area contributed by atoms with E-state index in [9.17, 15) is 9.67 Å². The monoisotopic (exact) mass is 242 g/mol. The highest BCUT2D eigenvalue weighted by Gasteiger charge is 2.83. The fraction of sp³-hybridized carbons (Fsp3) is 0.333. The van der Waals surface area contributed by atoms with Crippen LogP contribution < -0.4 is 4.74 Å². The Morgan fingerprint density at radius 3 is 2.81 bits per heavy atom. The molecular weight excluding hydrogens is 235 g/mol. The van der Waals surface area contributed by atoms with Gasteiger partial charge in [-0.25, -0.2) is 18.1 Å². The fourth-order valence-corrected chi connectivity index (χ4v) is 3.71. The summed E-state index contributed by atoms with van der Waals surface area (Å²) >= 11 is 0. The number of para-hydroxylation sites is 1. The molecule has 1 aromatic carbocycles. The molecule has 2 bridgehead atoms. The van der Waals surface area contributed by atoms with Crippen molar-refractivity contribution in [1.29, 1.82) is 0 Å². The Hall–Kier alpha value is -0.910. The average Bonchev–Trinajstić information content (AvgIpc) is 2.52. The number of hydrogen-bond acceptors (Lipinski definition) is 6. The van der Waals surface area contributed by atoms with Gasteiger partial charge in [-0.3, -0.25) is 0 Å². The largest absolute Gasteiger partial charge is 0.488 e. The molecule has 0 saturated carbocycles. The smallest absolute Gasteiger partial charge is 0.434 e. The maximum absolute atomic E-state index is 11.5. The van der Waals surface area contributed by atoms with Gasteiger partial charge < -0.3 is 9.84 Å². The number of fused-ring (bicyclic) bond motifs is 1. The highest BCUT2D eigenvalue weighted by Crippen LogP contribution is 2.78. The first-order valence-corrected chi connectivity index (χ1v) is 6.22. The predicted octanol–water partition coefficient (Wildman–Crippen LogP) is 1.15. The van der Waals surface area contributed by atoms with Crippen molar-refractivity contribution in [3.05, 3.63) is 29.8 Å². The average molecular weight is 242 g/mol. The van der Waals surface area contributed by atoms with Crippen LogP contribution in [-0.4, -0.2) is 16.9 Å².